The fourth-order valence-electron chi connectivity index (χ4n) is 1.26. The van der Waals surface area contributed by atoms with Gasteiger partial charge >= 0.3 is 6.18 Å². The van der Waals surface area contributed by atoms with Crippen molar-refractivity contribution in [3.05, 3.63) is 24.2 Å². The highest BCUT2D eigenvalue weighted by Gasteiger charge is 2.27. The third-order valence-electron chi connectivity index (χ3n) is 2.01. The van der Waals surface area contributed by atoms with Crippen LogP contribution in [0, 0.1) is 0 Å². The number of alkyl halides is 3. The van der Waals surface area contributed by atoms with Crippen LogP contribution in [0.3, 0.4) is 0 Å². The van der Waals surface area contributed by atoms with E-state index in [-0.39, 0.29) is 17.4 Å². The Morgan fingerprint density at radius 2 is 2.16 bits per heavy atom. The van der Waals surface area contributed by atoms with Crippen molar-refractivity contribution >= 4 is 5.69 Å². The zero-order valence-corrected chi connectivity index (χ0v) is 9.52. The lowest BCUT2D eigenvalue weighted by molar-refractivity contribution is -0.177. The Labute approximate surface area is 105 Å². The number of ether oxygens (including phenoxy) is 1. The summed E-state index contributed by atoms with van der Waals surface area (Å²) in [4.78, 5) is 7.79. The molecule has 2 N–H and O–H groups in total. The standard InChI is InChI=1S/C10H9F3N4O2/c11-10(12,13)5-18-4-7-16-9(19-17-7)8-6(14)2-1-3-15-8/h1-3H,4-5,14H2. The van der Waals surface area contributed by atoms with E-state index >= 15 is 0 Å². The molecule has 0 aliphatic carbocycles. The van der Waals surface area contributed by atoms with Crippen molar-refractivity contribution in [1.29, 1.82) is 0 Å². The van der Waals surface area contributed by atoms with Gasteiger partial charge in [0, 0.05) is 6.20 Å². The maximum absolute atomic E-state index is 11.9. The molecule has 0 unspecified atom stereocenters. The van der Waals surface area contributed by atoms with Crippen LogP contribution >= 0.6 is 0 Å². The summed E-state index contributed by atoms with van der Waals surface area (Å²) in [6.07, 6.45) is -2.91. The molecule has 9 heteroatoms. The topological polar surface area (TPSA) is 87.1 Å². The highest BCUT2D eigenvalue weighted by molar-refractivity contribution is 5.65. The van der Waals surface area contributed by atoms with E-state index in [2.05, 4.69) is 19.9 Å². The minimum absolute atomic E-state index is 0.00990. The summed E-state index contributed by atoms with van der Waals surface area (Å²) in [5, 5.41) is 3.48. The monoisotopic (exact) mass is 274 g/mol. The van der Waals surface area contributed by atoms with Gasteiger partial charge in [0.1, 0.15) is 13.2 Å². The van der Waals surface area contributed by atoms with Crippen LogP contribution in [0.4, 0.5) is 18.9 Å². The van der Waals surface area contributed by atoms with Gasteiger partial charge in [0.25, 0.3) is 5.89 Å². The van der Waals surface area contributed by atoms with E-state index < -0.39 is 19.4 Å². The van der Waals surface area contributed by atoms with Gasteiger partial charge in [-0.2, -0.15) is 18.2 Å². The second kappa shape index (κ2) is 5.22. The second-order valence-electron chi connectivity index (χ2n) is 3.56. The van der Waals surface area contributed by atoms with Gasteiger partial charge in [-0.3, -0.25) is 0 Å². The summed E-state index contributed by atoms with van der Waals surface area (Å²) in [6, 6.07) is 3.22. The molecule has 0 aromatic carbocycles. The molecule has 0 amide bonds. The number of halogens is 3. The quantitative estimate of drug-likeness (QED) is 0.914. The number of hydrogen-bond acceptors (Lipinski definition) is 6. The minimum atomic E-state index is -4.39. The highest BCUT2D eigenvalue weighted by Crippen LogP contribution is 2.21. The number of pyridine rings is 1. The van der Waals surface area contributed by atoms with Gasteiger partial charge in [0.15, 0.2) is 11.5 Å². The largest absolute Gasteiger partial charge is 0.411 e. The first-order valence-corrected chi connectivity index (χ1v) is 5.13. The normalized spacial score (nSPS) is 11.7. The number of hydrogen-bond donors (Lipinski definition) is 1. The molecule has 0 radical (unpaired) electrons. The van der Waals surface area contributed by atoms with E-state index in [0.29, 0.717) is 5.69 Å². The van der Waals surface area contributed by atoms with E-state index in [9.17, 15) is 13.2 Å². The van der Waals surface area contributed by atoms with Gasteiger partial charge in [-0.15, -0.1) is 0 Å². The molecule has 0 bridgehead atoms. The smallest absolute Gasteiger partial charge is 0.397 e. The Hall–Kier alpha value is -2.16. The molecule has 0 aliphatic rings. The molecule has 2 rings (SSSR count). The Kier molecular flexibility index (Phi) is 3.65. The van der Waals surface area contributed by atoms with Gasteiger partial charge in [0.05, 0.1) is 5.69 Å². The van der Waals surface area contributed by atoms with Crippen molar-refractivity contribution in [3.8, 4) is 11.6 Å². The fourth-order valence-corrected chi connectivity index (χ4v) is 1.26. The van der Waals surface area contributed by atoms with Gasteiger partial charge in [-0.05, 0) is 12.1 Å². The summed E-state index contributed by atoms with van der Waals surface area (Å²) in [7, 11) is 0. The minimum Gasteiger partial charge on any atom is -0.397 e. The van der Waals surface area contributed by atoms with Gasteiger partial charge in [-0.25, -0.2) is 4.98 Å². The van der Waals surface area contributed by atoms with Gasteiger partial charge < -0.3 is 15.0 Å². The third-order valence-corrected chi connectivity index (χ3v) is 2.01. The molecular weight excluding hydrogens is 265 g/mol. The highest BCUT2D eigenvalue weighted by atomic mass is 19.4. The van der Waals surface area contributed by atoms with Crippen molar-refractivity contribution in [2.24, 2.45) is 0 Å². The van der Waals surface area contributed by atoms with Gasteiger partial charge in [0.2, 0.25) is 0 Å². The van der Waals surface area contributed by atoms with Crippen molar-refractivity contribution in [1.82, 2.24) is 15.1 Å². The Bertz CT molecular complexity index is 556. The van der Waals surface area contributed by atoms with Crippen molar-refractivity contribution < 1.29 is 22.4 Å². The molecule has 2 aromatic rings. The SMILES string of the molecule is Nc1cccnc1-c1nc(COCC(F)(F)F)no1. The summed E-state index contributed by atoms with van der Waals surface area (Å²) in [6.45, 7) is -1.78. The number of nitrogens with two attached hydrogens (primary N) is 1. The summed E-state index contributed by atoms with van der Waals surface area (Å²) < 4.78 is 44.8. The van der Waals surface area contributed by atoms with E-state index in [1.165, 1.54) is 6.20 Å². The van der Waals surface area contributed by atoms with Gasteiger partial charge in [-0.1, -0.05) is 5.16 Å². The molecule has 0 fully saturated rings. The van der Waals surface area contributed by atoms with Crippen LogP contribution < -0.4 is 5.73 Å². The van der Waals surface area contributed by atoms with Crippen molar-refractivity contribution in [2.75, 3.05) is 12.3 Å². The lowest BCUT2D eigenvalue weighted by Crippen LogP contribution is -2.16. The summed E-state index contributed by atoms with van der Waals surface area (Å²) in [5.74, 6) is 0.0213. The molecule has 0 atom stereocenters. The molecule has 0 saturated heterocycles. The van der Waals surface area contributed by atoms with E-state index in [0.717, 1.165) is 0 Å². The summed E-state index contributed by atoms with van der Waals surface area (Å²) in [5.41, 5.74) is 6.25. The zero-order chi connectivity index (χ0) is 13.9. The van der Waals surface area contributed by atoms with Crippen LogP contribution in [0.25, 0.3) is 11.6 Å². The average molecular weight is 274 g/mol. The molecule has 0 saturated carbocycles. The van der Waals surface area contributed by atoms with Crippen LogP contribution in [-0.4, -0.2) is 27.9 Å². The van der Waals surface area contributed by atoms with E-state index in [1.54, 1.807) is 12.1 Å². The van der Waals surface area contributed by atoms with Crippen LogP contribution in [0.5, 0.6) is 0 Å². The first-order chi connectivity index (χ1) is 8.96. The molecule has 2 aromatic heterocycles. The van der Waals surface area contributed by atoms with E-state index in [4.69, 9.17) is 10.3 Å². The molecule has 0 aliphatic heterocycles. The maximum Gasteiger partial charge on any atom is 0.411 e. The number of anilines is 1. The third kappa shape index (κ3) is 3.65. The first-order valence-electron chi connectivity index (χ1n) is 5.13. The number of nitrogens with zero attached hydrogens (tertiary/aromatic N) is 3. The molecular formula is C10H9F3N4O2. The number of aromatic nitrogens is 3. The zero-order valence-electron chi connectivity index (χ0n) is 9.52. The first kappa shape index (κ1) is 13.3. The number of rotatable bonds is 4. The lowest BCUT2D eigenvalue weighted by Gasteiger charge is -2.04. The summed E-state index contributed by atoms with van der Waals surface area (Å²) >= 11 is 0. The molecule has 19 heavy (non-hydrogen) atoms. The molecule has 6 nitrogen and oxygen atoms in total. The van der Waals surface area contributed by atoms with Crippen molar-refractivity contribution in [3.63, 3.8) is 0 Å². The van der Waals surface area contributed by atoms with Crippen LogP contribution in [-0.2, 0) is 11.3 Å². The fraction of sp³-hybridized carbons (Fsp3) is 0.300. The molecule has 2 heterocycles. The van der Waals surface area contributed by atoms with Crippen LogP contribution in [0.15, 0.2) is 22.9 Å². The maximum atomic E-state index is 11.9. The Balaban J connectivity index is 2.02. The predicted octanol–water partition coefficient (Wildman–Crippen LogP) is 1.79. The second-order valence-corrected chi connectivity index (χ2v) is 3.56. The predicted molar refractivity (Wildman–Crippen MR) is 57.7 cm³/mol. The lowest BCUT2D eigenvalue weighted by atomic mass is 10.3. The molecule has 102 valence electrons. The Morgan fingerprint density at radius 1 is 1.37 bits per heavy atom. The van der Waals surface area contributed by atoms with Crippen LogP contribution in [0.2, 0.25) is 0 Å². The van der Waals surface area contributed by atoms with Crippen molar-refractivity contribution in [2.45, 2.75) is 12.8 Å². The number of nitrogen functional groups attached to an aromatic ring is 1. The Morgan fingerprint density at radius 3 is 2.84 bits per heavy atom. The molecule has 0 spiro atoms. The van der Waals surface area contributed by atoms with E-state index in [1.807, 2.05) is 0 Å². The average Bonchev–Trinajstić information content (AvgIpc) is 2.76. The van der Waals surface area contributed by atoms with Crippen LogP contribution in [0.1, 0.15) is 5.82 Å².